The fraction of sp³-hybridized carbons (Fsp3) is 0.511. The number of amides is 16. The first-order valence-electron chi connectivity index (χ1n) is 44.4. The molecule has 3 aromatic carbocycles. The molecule has 0 aliphatic carbocycles. The number of imidazole rings is 1. The number of ketones is 1. The average Bonchev–Trinajstić information content (AvgIpc) is 1.78. The maximum atomic E-state index is 15.4. The number of phenolic OH excluding ortho intramolecular Hbond substituents is 1. The van der Waals surface area contributed by atoms with E-state index < -0.39 is 210 Å². The molecule has 0 saturated carbocycles. The normalized spacial score (nSPS) is 23.6. The van der Waals surface area contributed by atoms with Crippen molar-refractivity contribution in [3.63, 3.8) is 0 Å². The summed E-state index contributed by atoms with van der Waals surface area (Å²) in [5.74, 6) is -17.2. The fourth-order valence-corrected chi connectivity index (χ4v) is 17.2. The Morgan fingerprint density at radius 2 is 1.14 bits per heavy atom. The minimum absolute atomic E-state index is 0.0122. The van der Waals surface area contributed by atoms with Crippen LogP contribution >= 0.6 is 27.7 Å². The number of benzene rings is 3. The molecule has 0 spiro atoms. The topological polar surface area (TPSA) is 611 Å². The molecule has 722 valence electrons. The lowest BCUT2D eigenvalue weighted by Crippen LogP contribution is -2.60. The summed E-state index contributed by atoms with van der Waals surface area (Å²) in [6, 6.07) is -0.574. The number of unbranched alkanes of at least 4 members (excludes halogenated alkanes) is 2. The molecule has 6 aromatic rings. The molecule has 133 heavy (non-hydrogen) atoms. The minimum Gasteiger partial charge on any atom is -0.507 e. The summed E-state index contributed by atoms with van der Waals surface area (Å²) in [5.41, 5.74) is 26.8. The number of nitrogens with two attached hydrogens (primary N) is 4. The standard InChI is InChI=1S/C90H126BrN23O18S/c1-11-13-24-70-85(127)104-62(30-32-93)82(124)109-69(80(122)99-44-75(95)117)46-133-47-77(119)102-67(36-52-27-28-73(115)58(91)35-52)87(129)111(8)51(6)79(121)108-68(40-74(94)116)88(130)114-33-19-26-71(114)86(128)107-66(39-55-43-96-48-100-55)84(126)105-63(34-49(3)4)50(5)110(7)45-76(118)101-65(38-54-42-98-60-23-18-16-21-57(54)60)83(125)103-61(29-31-92)81(123)106-64(37-53-41-97-59-22-17-15-20-56(53)59)78(120)90(132)113(10)72(25-14-12-2)89(131)112(70)9/h15-18,20-23,27-28,35,41-43,48-49,51,61-72,97-98,115H,5,11-14,19,24-26,29-34,36-40,44-47,92-93H2,1-4,6-10H3,(H2,94,116)(H2,95,117)(H,96,100)(H,99,122)(H,101,118)(H,102,119)(H,103,125)(H,104,127)(H,105,126)(H,106,123)(H,107,128)(H,108,121)(H,109,124)/t51-,61-,62-,63-,64-,65-,66-,67-,68-,69-,70-,71-,72-/m0/s1. The summed E-state index contributed by atoms with van der Waals surface area (Å²) in [6.45, 7) is 11.3. The van der Waals surface area contributed by atoms with Gasteiger partial charge in [-0.3, -0.25) is 81.5 Å². The lowest BCUT2D eigenvalue weighted by atomic mass is 9.98. The zero-order chi connectivity index (χ0) is 97.6. The number of nitrogens with zero attached hydrogens (tertiary/aromatic N) is 6. The molecular weight excluding hydrogens is 1800 g/mol. The van der Waals surface area contributed by atoms with E-state index in [-0.39, 0.29) is 112 Å². The number of nitrogens with one attached hydrogen (secondary N) is 13. The van der Waals surface area contributed by atoms with Gasteiger partial charge in [-0.1, -0.05) is 102 Å². The largest absolute Gasteiger partial charge is 0.507 e. The van der Waals surface area contributed by atoms with Gasteiger partial charge < -0.3 is 121 Å². The number of thioether (sulfide) groups is 1. The molecule has 3 aromatic heterocycles. The van der Waals surface area contributed by atoms with Crippen molar-refractivity contribution < 1.29 is 86.6 Å². The van der Waals surface area contributed by atoms with Crippen LogP contribution in [0.5, 0.6) is 5.75 Å². The van der Waals surface area contributed by atoms with Gasteiger partial charge in [-0.05, 0) is 128 Å². The SMILES string of the molecule is C=C1[C@H](CC(C)C)NC(=O)[C@H](Cc2cnc[nH]2)NC(=O)[C@@H]2CCCN2C(=O)[C@H](CC(N)=O)NC(=O)[C@H](C)N(C)C(=O)[C@H](Cc2ccc(O)c(Br)c2)NC(=O)CSC[C@@H](C(=O)NCC(N)=O)NC(=O)[C@H](CCN)NC(=O)[C@H](CCCC)N(C)C(=O)[C@H](CCCC)N(C)C(=O)C(=O)[C@H](Cc2c[nH]c3ccccc23)NC(=O)[C@H](CCN)NC(=O)[C@H](Cc2c[nH]c3ccccc23)NC(=O)CN1C. The van der Waals surface area contributed by atoms with Gasteiger partial charge >= 0.3 is 0 Å². The van der Waals surface area contributed by atoms with Crippen molar-refractivity contribution in [3.05, 3.63) is 131 Å². The Labute approximate surface area is 783 Å². The quantitative estimate of drug-likeness (QED) is 0.0316. The number of para-hydroxylation sites is 2. The summed E-state index contributed by atoms with van der Waals surface area (Å²) < 4.78 is 0.209. The van der Waals surface area contributed by atoms with Gasteiger partial charge in [-0.25, -0.2) is 4.98 Å². The number of aromatic hydroxyl groups is 1. The number of hydrogen-bond donors (Lipinski definition) is 18. The van der Waals surface area contributed by atoms with Gasteiger partial charge in [0.05, 0.1) is 42.1 Å². The second-order valence-corrected chi connectivity index (χ2v) is 35.8. The minimum atomic E-state index is -1.74. The molecule has 2 saturated heterocycles. The van der Waals surface area contributed by atoms with Crippen LogP contribution in [0.1, 0.15) is 134 Å². The summed E-state index contributed by atoms with van der Waals surface area (Å²) in [4.78, 5) is 267. The molecular formula is C90H126BrN23O18S. The molecule has 22 N–H and O–H groups in total. The van der Waals surface area contributed by atoms with Crippen LogP contribution in [0.25, 0.3) is 21.8 Å². The Morgan fingerprint density at radius 1 is 0.586 bits per heavy atom. The molecule has 2 fully saturated rings. The first kappa shape index (κ1) is 106. The van der Waals surface area contributed by atoms with Crippen LogP contribution in [-0.4, -0.2) is 301 Å². The number of fused-ring (bicyclic) bond motifs is 3. The molecule has 0 bridgehead atoms. The Morgan fingerprint density at radius 3 is 1.71 bits per heavy atom. The first-order valence-corrected chi connectivity index (χ1v) is 46.4. The van der Waals surface area contributed by atoms with E-state index in [1.165, 1.54) is 70.7 Å². The van der Waals surface area contributed by atoms with E-state index in [0.29, 0.717) is 69.9 Å². The van der Waals surface area contributed by atoms with Crippen molar-refractivity contribution in [1.29, 1.82) is 0 Å². The van der Waals surface area contributed by atoms with Crippen LogP contribution in [0.15, 0.2) is 108 Å². The van der Waals surface area contributed by atoms with Crippen LogP contribution in [-0.2, 0) is 107 Å². The third kappa shape index (κ3) is 29.9. The van der Waals surface area contributed by atoms with Crippen LogP contribution in [0.3, 0.4) is 0 Å². The molecule has 5 heterocycles. The molecule has 2 aliphatic rings. The highest BCUT2D eigenvalue weighted by molar-refractivity contribution is 9.10. The maximum absolute atomic E-state index is 15.4. The number of likely N-dealkylation sites (N-methyl/N-ethyl adjacent to an activating group) is 4. The third-order valence-electron chi connectivity index (χ3n) is 23.5. The average molecular weight is 1930 g/mol. The molecule has 0 radical (unpaired) electrons. The van der Waals surface area contributed by atoms with Crippen LogP contribution in [0, 0.1) is 5.92 Å². The summed E-state index contributed by atoms with van der Waals surface area (Å²) >= 11 is 4.04. The number of aromatic amines is 3. The molecule has 2 aliphatic heterocycles. The number of aromatic nitrogens is 4. The number of rotatable bonds is 25. The number of phenols is 1. The van der Waals surface area contributed by atoms with Gasteiger partial charge in [0, 0.05) is 118 Å². The lowest BCUT2D eigenvalue weighted by Gasteiger charge is -2.35. The van der Waals surface area contributed by atoms with E-state index in [9.17, 15) is 57.8 Å². The maximum Gasteiger partial charge on any atom is 0.292 e. The van der Waals surface area contributed by atoms with E-state index in [0.717, 1.165) is 31.4 Å². The van der Waals surface area contributed by atoms with E-state index in [4.69, 9.17) is 22.9 Å². The van der Waals surface area contributed by atoms with E-state index in [1.54, 1.807) is 48.8 Å². The Hall–Kier alpha value is -12.8. The molecule has 43 heteroatoms. The Bertz CT molecular complexity index is 5160. The Balaban J connectivity index is 1.17. The van der Waals surface area contributed by atoms with Crippen LogP contribution in [0.2, 0.25) is 0 Å². The summed E-state index contributed by atoms with van der Waals surface area (Å²) in [7, 11) is 5.33. The summed E-state index contributed by atoms with van der Waals surface area (Å²) in [5, 5.41) is 38.7. The lowest BCUT2D eigenvalue weighted by molar-refractivity contribution is -0.152. The fourth-order valence-electron chi connectivity index (χ4n) is 15.9. The monoisotopic (exact) mass is 1930 g/mol. The van der Waals surface area contributed by atoms with Gasteiger partial charge in [0.25, 0.3) is 5.91 Å². The highest BCUT2D eigenvalue weighted by atomic mass is 79.9. The molecule has 16 amide bonds. The molecule has 13 atom stereocenters. The number of carbonyl (C=O) groups excluding carboxylic acids is 17. The second kappa shape index (κ2) is 50.7. The first-order chi connectivity index (χ1) is 63.3. The smallest absolute Gasteiger partial charge is 0.292 e. The van der Waals surface area contributed by atoms with E-state index in [1.807, 2.05) is 39.8 Å². The number of carbonyl (C=O) groups is 17. The number of hydrogen-bond acceptors (Lipinski definition) is 23. The van der Waals surface area contributed by atoms with Crippen LogP contribution in [0.4, 0.5) is 0 Å². The van der Waals surface area contributed by atoms with Gasteiger partial charge in [-0.15, -0.1) is 11.8 Å². The van der Waals surface area contributed by atoms with Crippen molar-refractivity contribution in [1.82, 2.24) is 97.6 Å². The zero-order valence-electron chi connectivity index (χ0n) is 76.4. The van der Waals surface area contributed by atoms with Crippen molar-refractivity contribution in [2.75, 3.05) is 72.4 Å². The highest BCUT2D eigenvalue weighted by Crippen LogP contribution is 2.29. The van der Waals surface area contributed by atoms with Gasteiger partial charge in [0.2, 0.25) is 94.4 Å². The van der Waals surface area contributed by atoms with Crippen LogP contribution < -0.4 is 76.1 Å². The second-order valence-electron chi connectivity index (χ2n) is 33.9. The number of Topliss-reactive ketones (excluding diaryl/α,β-unsaturated/α-hetero) is 1. The predicted octanol–water partition coefficient (Wildman–Crippen LogP) is -0.671. The van der Waals surface area contributed by atoms with Gasteiger partial charge in [-0.2, -0.15) is 0 Å². The third-order valence-corrected chi connectivity index (χ3v) is 25.1. The van der Waals surface area contributed by atoms with Crippen molar-refractivity contribution >= 4 is 150 Å². The molecule has 41 nitrogen and oxygen atoms in total. The molecule has 0 unspecified atom stereocenters. The van der Waals surface area contributed by atoms with E-state index >= 15 is 28.8 Å². The number of H-pyrrole nitrogens is 3. The molecule has 8 rings (SSSR count). The van der Waals surface area contributed by atoms with Crippen molar-refractivity contribution in [3.8, 4) is 5.75 Å². The Kier molecular flexibility index (Phi) is 40.3. The predicted molar refractivity (Wildman–Crippen MR) is 499 cm³/mol. The van der Waals surface area contributed by atoms with Gasteiger partial charge in [0.1, 0.15) is 78.3 Å². The van der Waals surface area contributed by atoms with E-state index in [2.05, 4.69) is 95.6 Å². The number of primary amides is 2. The zero-order valence-corrected chi connectivity index (χ0v) is 78.8. The van der Waals surface area contributed by atoms with Crippen molar-refractivity contribution in [2.24, 2.45) is 28.9 Å². The summed E-state index contributed by atoms with van der Waals surface area (Å²) in [6.07, 6.45) is 5.85. The van der Waals surface area contributed by atoms with Gasteiger partial charge in [0.15, 0.2) is 0 Å². The van der Waals surface area contributed by atoms with Crippen molar-refractivity contribution in [2.45, 2.75) is 216 Å². The highest BCUT2D eigenvalue weighted by Gasteiger charge is 2.44. The number of halogens is 1.